The van der Waals surface area contributed by atoms with Crippen LogP contribution in [0.4, 0.5) is 0 Å². The monoisotopic (exact) mass is 480 g/mol. The Morgan fingerprint density at radius 3 is 2.58 bits per heavy atom. The van der Waals surface area contributed by atoms with E-state index in [1.54, 1.807) is 24.3 Å². The highest BCUT2D eigenvalue weighted by molar-refractivity contribution is 14.1. The molecule has 132 valence electrons. The molecule has 1 N–H and O–H groups in total. The molecule has 1 aliphatic rings. The Morgan fingerprint density at radius 2 is 1.92 bits per heavy atom. The molecule has 1 aromatic heterocycles. The van der Waals surface area contributed by atoms with Crippen molar-refractivity contribution in [1.29, 1.82) is 0 Å². The number of nitrogens with zero attached hydrogens (tertiary/aromatic N) is 2. The zero-order valence-corrected chi connectivity index (χ0v) is 16.4. The summed E-state index contributed by atoms with van der Waals surface area (Å²) in [4.78, 5) is 21.2. The van der Waals surface area contributed by atoms with Crippen molar-refractivity contribution in [2.75, 3.05) is 0 Å². The Balaban J connectivity index is 2.08. The van der Waals surface area contributed by atoms with Crippen molar-refractivity contribution < 1.29 is 14.6 Å². The number of carboxylic acids is 1. The predicted octanol–water partition coefficient (Wildman–Crippen LogP) is 4.40. The normalized spacial score (nSPS) is 16.4. The summed E-state index contributed by atoms with van der Waals surface area (Å²) in [5.74, 6) is -1.12. The number of hydrogen-bond donors (Lipinski definition) is 1. The summed E-state index contributed by atoms with van der Waals surface area (Å²) in [7, 11) is 0. The molecule has 1 heterocycles. The van der Waals surface area contributed by atoms with Crippen LogP contribution in [0.3, 0.4) is 0 Å². The predicted molar refractivity (Wildman–Crippen MR) is 106 cm³/mol. The lowest BCUT2D eigenvalue weighted by Crippen LogP contribution is -2.42. The van der Waals surface area contributed by atoms with E-state index in [1.807, 2.05) is 24.3 Å². The fourth-order valence-electron chi connectivity index (χ4n) is 2.99. The minimum absolute atomic E-state index is 0.00494. The Labute approximate surface area is 168 Å². The topological polar surface area (TPSA) is 72.3 Å². The van der Waals surface area contributed by atoms with Crippen molar-refractivity contribution in [3.63, 3.8) is 0 Å². The number of carboxylic acid groups (broad SMARTS) is 1. The Morgan fingerprint density at radius 1 is 1.19 bits per heavy atom. The zero-order valence-electron chi connectivity index (χ0n) is 13.5. The van der Waals surface area contributed by atoms with Gasteiger partial charge >= 0.3 is 5.97 Å². The van der Waals surface area contributed by atoms with Gasteiger partial charge in [0.2, 0.25) is 10.9 Å². The van der Waals surface area contributed by atoms with Crippen molar-refractivity contribution in [2.45, 2.75) is 24.5 Å². The van der Waals surface area contributed by atoms with Gasteiger partial charge in [0, 0.05) is 14.5 Å². The van der Waals surface area contributed by atoms with Crippen LogP contribution in [0.15, 0.2) is 48.5 Å². The summed E-state index contributed by atoms with van der Waals surface area (Å²) in [6, 6.07) is 14.5. The second kappa shape index (κ2) is 6.75. The maximum absolute atomic E-state index is 12.6. The molecule has 7 heteroatoms. The lowest BCUT2D eigenvalue weighted by Gasteiger charge is -2.30. The van der Waals surface area contributed by atoms with E-state index in [1.165, 1.54) is 0 Å². The standard InChI is InChI=1S/C19H14ClIN2O3/c20-18-22-15-9-6-12(21)10-14(15)16(23-18)19(17(24)25,26-13-7-8-13)11-4-2-1-3-5-11/h1-6,9-10,13H,7-8H2,(H,24,25)/t19-/m0/s1. The first kappa shape index (κ1) is 17.6. The molecule has 0 saturated heterocycles. The van der Waals surface area contributed by atoms with Crippen LogP contribution < -0.4 is 0 Å². The average Bonchev–Trinajstić information content (AvgIpc) is 3.44. The van der Waals surface area contributed by atoms with Crippen molar-refractivity contribution in [3.8, 4) is 0 Å². The van der Waals surface area contributed by atoms with E-state index in [-0.39, 0.29) is 17.1 Å². The van der Waals surface area contributed by atoms with Gasteiger partial charge in [-0.2, -0.15) is 0 Å². The molecule has 5 nitrogen and oxygen atoms in total. The molecular formula is C19H14ClIN2O3. The van der Waals surface area contributed by atoms with Gasteiger partial charge in [-0.05, 0) is 65.2 Å². The molecule has 2 aromatic carbocycles. The Bertz CT molecular complexity index is 995. The first-order valence-electron chi connectivity index (χ1n) is 8.11. The van der Waals surface area contributed by atoms with Crippen molar-refractivity contribution in [2.24, 2.45) is 0 Å². The second-order valence-corrected chi connectivity index (χ2v) is 7.76. The number of hydrogen-bond acceptors (Lipinski definition) is 4. The quantitative estimate of drug-likeness (QED) is 0.433. The van der Waals surface area contributed by atoms with E-state index in [9.17, 15) is 9.90 Å². The number of aliphatic carboxylic acids is 1. The van der Waals surface area contributed by atoms with Gasteiger partial charge in [-0.25, -0.2) is 14.8 Å². The molecule has 26 heavy (non-hydrogen) atoms. The highest BCUT2D eigenvalue weighted by atomic mass is 127. The average molecular weight is 481 g/mol. The molecule has 1 atom stereocenters. The van der Waals surface area contributed by atoms with E-state index in [0.29, 0.717) is 16.5 Å². The number of carbonyl (C=O) groups is 1. The summed E-state index contributed by atoms with van der Waals surface area (Å²) in [5.41, 5.74) is -0.384. The van der Waals surface area contributed by atoms with Gasteiger partial charge in [-0.15, -0.1) is 0 Å². The zero-order chi connectivity index (χ0) is 18.3. The summed E-state index contributed by atoms with van der Waals surface area (Å²) in [5, 5.41) is 10.9. The van der Waals surface area contributed by atoms with Crippen LogP contribution in [-0.2, 0) is 15.1 Å². The third-order valence-electron chi connectivity index (χ3n) is 4.31. The molecule has 0 bridgehead atoms. The summed E-state index contributed by atoms with van der Waals surface area (Å²) in [6.45, 7) is 0. The van der Waals surface area contributed by atoms with Crippen molar-refractivity contribution in [1.82, 2.24) is 9.97 Å². The Hall–Kier alpha value is -1.77. The number of ether oxygens (including phenoxy) is 1. The van der Waals surface area contributed by atoms with Crippen LogP contribution in [0.2, 0.25) is 5.28 Å². The lowest BCUT2D eigenvalue weighted by molar-refractivity contribution is -0.163. The largest absolute Gasteiger partial charge is 0.479 e. The SMILES string of the molecule is O=C(O)[C@](OC1CC1)(c1ccccc1)c1nc(Cl)nc2ccc(I)cc12. The first-order valence-corrected chi connectivity index (χ1v) is 9.56. The van der Waals surface area contributed by atoms with Crippen LogP contribution in [0.1, 0.15) is 24.1 Å². The third-order valence-corrected chi connectivity index (χ3v) is 5.15. The van der Waals surface area contributed by atoms with Crippen LogP contribution in [-0.4, -0.2) is 27.1 Å². The van der Waals surface area contributed by atoms with Gasteiger partial charge in [0.1, 0.15) is 5.69 Å². The van der Waals surface area contributed by atoms with Crippen LogP contribution in [0, 0.1) is 3.57 Å². The molecule has 0 unspecified atom stereocenters. The van der Waals surface area contributed by atoms with E-state index in [2.05, 4.69) is 32.6 Å². The van der Waals surface area contributed by atoms with Crippen molar-refractivity contribution >= 4 is 51.1 Å². The number of benzene rings is 2. The molecule has 0 aliphatic heterocycles. The van der Waals surface area contributed by atoms with E-state index < -0.39 is 11.6 Å². The summed E-state index contributed by atoms with van der Waals surface area (Å²) < 4.78 is 7.08. The lowest BCUT2D eigenvalue weighted by atomic mass is 9.87. The fraction of sp³-hybridized carbons (Fsp3) is 0.211. The number of fused-ring (bicyclic) bond motifs is 1. The maximum Gasteiger partial charge on any atom is 0.347 e. The van der Waals surface area contributed by atoms with Gasteiger partial charge in [0.25, 0.3) is 0 Å². The molecule has 1 fully saturated rings. The number of aromatic nitrogens is 2. The molecule has 0 spiro atoms. The van der Waals surface area contributed by atoms with E-state index in [0.717, 1.165) is 16.4 Å². The van der Waals surface area contributed by atoms with Gasteiger partial charge in [-0.1, -0.05) is 30.3 Å². The fourth-order valence-corrected chi connectivity index (χ4v) is 3.65. The molecule has 0 amide bonds. The van der Waals surface area contributed by atoms with Gasteiger partial charge in [-0.3, -0.25) is 0 Å². The van der Waals surface area contributed by atoms with Crippen LogP contribution in [0.25, 0.3) is 10.9 Å². The highest BCUT2D eigenvalue weighted by Crippen LogP contribution is 2.42. The Kier molecular flexibility index (Phi) is 4.58. The molecular weight excluding hydrogens is 467 g/mol. The summed E-state index contributed by atoms with van der Waals surface area (Å²) >= 11 is 8.32. The van der Waals surface area contributed by atoms with E-state index >= 15 is 0 Å². The van der Waals surface area contributed by atoms with Gasteiger partial charge in [0.15, 0.2) is 0 Å². The van der Waals surface area contributed by atoms with Crippen LogP contribution in [0.5, 0.6) is 0 Å². The number of halogens is 2. The van der Waals surface area contributed by atoms with Gasteiger partial charge in [0.05, 0.1) is 11.6 Å². The minimum Gasteiger partial charge on any atom is -0.479 e. The summed E-state index contributed by atoms with van der Waals surface area (Å²) in [6.07, 6.45) is 1.55. The molecule has 0 radical (unpaired) electrons. The third kappa shape index (κ3) is 3.06. The molecule has 1 aliphatic carbocycles. The van der Waals surface area contributed by atoms with Gasteiger partial charge < -0.3 is 9.84 Å². The molecule has 1 saturated carbocycles. The van der Waals surface area contributed by atoms with Crippen LogP contribution >= 0.6 is 34.2 Å². The second-order valence-electron chi connectivity index (χ2n) is 6.17. The number of rotatable bonds is 5. The molecule has 3 aromatic rings. The molecule has 4 rings (SSSR count). The first-order chi connectivity index (χ1) is 12.5. The van der Waals surface area contributed by atoms with Crippen molar-refractivity contribution in [3.05, 3.63) is 68.6 Å². The maximum atomic E-state index is 12.6. The smallest absolute Gasteiger partial charge is 0.347 e. The highest BCUT2D eigenvalue weighted by Gasteiger charge is 2.50. The van der Waals surface area contributed by atoms with E-state index in [4.69, 9.17) is 16.3 Å². The minimum atomic E-state index is -1.74.